The number of phenols is 2. The van der Waals surface area contributed by atoms with E-state index in [0.717, 1.165) is 12.1 Å². The molecule has 0 radical (unpaired) electrons. The van der Waals surface area contributed by atoms with E-state index < -0.39 is 32.4 Å². The van der Waals surface area contributed by atoms with Gasteiger partial charge in [0.2, 0.25) is 11.6 Å². The van der Waals surface area contributed by atoms with Gasteiger partial charge < -0.3 is 49.9 Å². The molecule has 42 heavy (non-hydrogen) atoms. The van der Waals surface area contributed by atoms with Crippen molar-refractivity contribution in [1.29, 1.82) is 0 Å². The third-order valence-electron chi connectivity index (χ3n) is 7.42. The molecule has 0 spiro atoms. The highest BCUT2D eigenvalue weighted by Gasteiger charge is 2.41. The smallest absolute Gasteiger partial charge is 0.200 e. The minimum atomic E-state index is -0.710. The van der Waals surface area contributed by atoms with Crippen LogP contribution in [0.15, 0.2) is 36.4 Å². The molecule has 0 amide bonds. The zero-order valence-electron chi connectivity index (χ0n) is 24.3. The quantitative estimate of drug-likeness (QED) is 0.0836. The van der Waals surface area contributed by atoms with Crippen LogP contribution in [0.1, 0.15) is 31.8 Å². The molecule has 1 aliphatic rings. The van der Waals surface area contributed by atoms with E-state index >= 15 is 0 Å². The SMILES string of the molecule is C[N+](C)([O-])CCN(CCO)c1c2c(c(N(CCO)CC[N+](C)(C)[O-])c3ccccc13)C(=O)c1c(O)ccc(O)c1C2=O. The van der Waals surface area contributed by atoms with Gasteiger partial charge in [-0.2, -0.15) is 0 Å². The first-order chi connectivity index (χ1) is 19.7. The van der Waals surface area contributed by atoms with Gasteiger partial charge in [-0.15, -0.1) is 0 Å². The largest absolute Gasteiger partial charge is 0.633 e. The van der Waals surface area contributed by atoms with Crippen molar-refractivity contribution >= 4 is 33.7 Å². The Hall–Kier alpha value is -3.78. The normalized spacial score (nSPS) is 13.3. The Kier molecular flexibility index (Phi) is 8.78. The molecule has 0 unspecified atom stereocenters. The van der Waals surface area contributed by atoms with E-state index in [2.05, 4.69) is 0 Å². The molecule has 0 atom stereocenters. The zero-order valence-corrected chi connectivity index (χ0v) is 24.3. The monoisotopic (exact) mass is 582 g/mol. The van der Waals surface area contributed by atoms with Crippen LogP contribution in [0.3, 0.4) is 0 Å². The molecular formula is C30H38N4O8. The molecule has 0 heterocycles. The molecule has 0 aliphatic heterocycles. The fraction of sp³-hybridized carbons (Fsp3) is 0.400. The van der Waals surface area contributed by atoms with Crippen LogP contribution in [0.4, 0.5) is 11.4 Å². The van der Waals surface area contributed by atoms with Crippen LogP contribution < -0.4 is 9.80 Å². The van der Waals surface area contributed by atoms with Crippen molar-refractivity contribution in [2.45, 2.75) is 0 Å². The maximum absolute atomic E-state index is 14.4. The molecule has 12 heteroatoms. The van der Waals surface area contributed by atoms with E-state index in [1.807, 2.05) is 0 Å². The lowest BCUT2D eigenvalue weighted by Crippen LogP contribution is -2.43. The zero-order chi connectivity index (χ0) is 31.0. The maximum atomic E-state index is 14.4. The van der Waals surface area contributed by atoms with Gasteiger partial charge in [0.05, 0.1) is 101 Å². The van der Waals surface area contributed by atoms with Gasteiger partial charge in [0, 0.05) is 23.9 Å². The van der Waals surface area contributed by atoms with Crippen LogP contribution in [0.5, 0.6) is 11.5 Å². The van der Waals surface area contributed by atoms with Gasteiger partial charge in [-0.1, -0.05) is 24.3 Å². The van der Waals surface area contributed by atoms with Crippen LogP contribution in [-0.4, -0.2) is 122 Å². The number of aromatic hydroxyl groups is 2. The number of fused-ring (bicyclic) bond motifs is 3. The summed E-state index contributed by atoms with van der Waals surface area (Å²) in [5.74, 6) is -2.37. The Morgan fingerprint density at radius 1 is 0.619 bits per heavy atom. The number of rotatable bonds is 12. The van der Waals surface area contributed by atoms with Gasteiger partial charge in [0.1, 0.15) is 11.5 Å². The third kappa shape index (κ3) is 6.04. The molecule has 0 saturated heterocycles. The number of carbonyl (C=O) groups excluding carboxylic acids is 2. The average molecular weight is 583 g/mol. The van der Waals surface area contributed by atoms with Crippen LogP contribution in [0.25, 0.3) is 10.8 Å². The lowest BCUT2D eigenvalue weighted by molar-refractivity contribution is -0.838. The molecule has 3 aromatic rings. The summed E-state index contributed by atoms with van der Waals surface area (Å²) < 4.78 is -1.28. The number of phenolic OH excluding ortho intramolecular Hbond substituents is 2. The number of ketones is 2. The van der Waals surface area contributed by atoms with Crippen LogP contribution in [-0.2, 0) is 0 Å². The molecule has 0 bridgehead atoms. The van der Waals surface area contributed by atoms with E-state index in [-0.39, 0.29) is 74.7 Å². The van der Waals surface area contributed by atoms with Crippen molar-refractivity contribution < 1.29 is 39.3 Å². The van der Waals surface area contributed by atoms with Gasteiger partial charge in [0.25, 0.3) is 0 Å². The summed E-state index contributed by atoms with van der Waals surface area (Å²) in [4.78, 5) is 32.1. The highest BCUT2D eigenvalue weighted by atomic mass is 16.5. The number of anilines is 2. The first kappa shape index (κ1) is 31.2. The molecular weight excluding hydrogens is 544 g/mol. The predicted octanol–water partition coefficient (Wildman–Crippen LogP) is 1.77. The molecule has 0 aromatic heterocycles. The summed E-state index contributed by atoms with van der Waals surface area (Å²) in [5, 5.41) is 67.6. The molecule has 3 aromatic carbocycles. The van der Waals surface area contributed by atoms with Crippen molar-refractivity contribution in [3.63, 3.8) is 0 Å². The van der Waals surface area contributed by atoms with Crippen molar-refractivity contribution in [1.82, 2.24) is 0 Å². The topological polar surface area (TPSA) is 168 Å². The fourth-order valence-corrected chi connectivity index (χ4v) is 5.43. The summed E-state index contributed by atoms with van der Waals surface area (Å²) >= 11 is 0. The summed E-state index contributed by atoms with van der Waals surface area (Å²) in [6.45, 7) is -0.0724. The van der Waals surface area contributed by atoms with E-state index in [4.69, 9.17) is 0 Å². The Balaban J connectivity index is 2.14. The third-order valence-corrected chi connectivity index (χ3v) is 7.42. The van der Waals surface area contributed by atoms with Crippen molar-refractivity contribution in [3.8, 4) is 11.5 Å². The minimum absolute atomic E-state index is 0.0400. The molecule has 0 saturated carbocycles. The minimum Gasteiger partial charge on any atom is -0.633 e. The first-order valence-corrected chi connectivity index (χ1v) is 13.7. The van der Waals surface area contributed by atoms with Crippen molar-refractivity contribution in [2.24, 2.45) is 0 Å². The highest BCUT2D eigenvalue weighted by Crippen LogP contribution is 2.48. The molecule has 1 aliphatic carbocycles. The van der Waals surface area contributed by atoms with Gasteiger partial charge in [-0.25, -0.2) is 0 Å². The van der Waals surface area contributed by atoms with Crippen LogP contribution in [0.2, 0.25) is 0 Å². The molecule has 12 nitrogen and oxygen atoms in total. The number of aliphatic hydroxyl groups excluding tert-OH is 2. The van der Waals surface area contributed by atoms with E-state index in [1.54, 1.807) is 34.1 Å². The second-order valence-corrected chi connectivity index (χ2v) is 11.5. The van der Waals surface area contributed by atoms with Crippen molar-refractivity contribution in [2.75, 3.05) is 90.5 Å². The second kappa shape index (κ2) is 11.8. The Morgan fingerprint density at radius 2 is 0.976 bits per heavy atom. The number of benzene rings is 3. The number of nitrogens with zero attached hydrogens (tertiary/aromatic N) is 4. The van der Waals surface area contributed by atoms with Gasteiger partial charge in [-0.3, -0.25) is 9.59 Å². The number of quaternary nitrogens is 2. The predicted molar refractivity (Wildman–Crippen MR) is 160 cm³/mol. The van der Waals surface area contributed by atoms with Gasteiger partial charge >= 0.3 is 0 Å². The summed E-state index contributed by atoms with van der Waals surface area (Å²) in [6.07, 6.45) is 0. The molecule has 4 N–H and O–H groups in total. The van der Waals surface area contributed by atoms with Crippen LogP contribution >= 0.6 is 0 Å². The second-order valence-electron chi connectivity index (χ2n) is 11.5. The lowest BCUT2D eigenvalue weighted by Gasteiger charge is -2.39. The molecule has 4 rings (SSSR count). The Bertz CT molecular complexity index is 1400. The Labute approximate surface area is 244 Å². The summed E-state index contributed by atoms with van der Waals surface area (Å²) in [7, 11) is 5.90. The number of aliphatic hydroxyl groups is 2. The van der Waals surface area contributed by atoms with E-state index in [9.17, 15) is 40.4 Å². The molecule has 226 valence electrons. The van der Waals surface area contributed by atoms with Crippen LogP contribution in [0, 0.1) is 10.4 Å². The highest BCUT2D eigenvalue weighted by molar-refractivity contribution is 6.36. The number of hydrogen-bond acceptors (Lipinski definition) is 10. The lowest BCUT2D eigenvalue weighted by atomic mass is 9.79. The van der Waals surface area contributed by atoms with E-state index in [1.165, 1.54) is 28.2 Å². The van der Waals surface area contributed by atoms with Gasteiger partial charge in [0.15, 0.2) is 0 Å². The molecule has 0 fully saturated rings. The first-order valence-electron chi connectivity index (χ1n) is 13.7. The van der Waals surface area contributed by atoms with Gasteiger partial charge in [-0.05, 0) is 12.1 Å². The number of hydroxylamine groups is 6. The van der Waals surface area contributed by atoms with Crippen molar-refractivity contribution in [3.05, 3.63) is 69.1 Å². The average Bonchev–Trinajstić information content (AvgIpc) is 2.91. The number of likely N-dealkylation sites (N-methyl/N-ethyl adjacent to an activating group) is 2. The maximum Gasteiger partial charge on any atom is 0.200 e. The standard InChI is InChI=1S/C30H38N4O8/c1-33(2,41)15-11-31(13-17-35)27-19-7-5-6-8-20(19)28(32(14-18-36)12-16-34(3,4)42)26-25(27)29(39)23-21(37)9-10-22(38)24(23)30(26)40/h5-10,35-38H,11-18H2,1-4H3. The summed E-state index contributed by atoms with van der Waals surface area (Å²) in [5.41, 5.74) is -0.170. The van der Waals surface area contributed by atoms with E-state index in [0.29, 0.717) is 22.1 Å². The number of carbonyl (C=O) groups is 2. The Morgan fingerprint density at radius 3 is 1.29 bits per heavy atom. The fourth-order valence-electron chi connectivity index (χ4n) is 5.43. The number of hydrogen-bond donors (Lipinski definition) is 4. The summed E-state index contributed by atoms with van der Waals surface area (Å²) in [6, 6.07) is 9.31.